The summed E-state index contributed by atoms with van der Waals surface area (Å²) in [4.78, 5) is 18.4. The van der Waals surface area contributed by atoms with Crippen molar-refractivity contribution in [3.63, 3.8) is 0 Å². The van der Waals surface area contributed by atoms with Crippen molar-refractivity contribution in [1.29, 1.82) is 0 Å². The largest absolute Gasteiger partial charge is 0.353 e. The smallest absolute Gasteiger partial charge is 0.228 e. The van der Waals surface area contributed by atoms with E-state index in [1.54, 1.807) is 6.20 Å². The monoisotopic (exact) mass is 404 g/mol. The first-order valence-corrected chi connectivity index (χ1v) is 9.48. The fraction of sp³-hybridized carbons (Fsp3) is 0.533. The number of aromatic nitrogens is 3. The molecule has 0 aromatic carbocycles. The summed E-state index contributed by atoms with van der Waals surface area (Å²) < 4.78 is 11.6. The Balaban J connectivity index is 0.00000113. The number of nitrogens with zero attached hydrogens (tertiary/aromatic N) is 5. The molecular formula is C15H22Cl2N6OS. The van der Waals surface area contributed by atoms with E-state index in [2.05, 4.69) is 20.1 Å². The molecule has 0 spiro atoms. The van der Waals surface area contributed by atoms with Crippen LogP contribution in [0.5, 0.6) is 0 Å². The van der Waals surface area contributed by atoms with Gasteiger partial charge in [0.25, 0.3) is 0 Å². The molecule has 0 bridgehead atoms. The van der Waals surface area contributed by atoms with Crippen LogP contribution in [0.2, 0.25) is 0 Å². The maximum absolute atomic E-state index is 11.6. The van der Waals surface area contributed by atoms with Crippen LogP contribution in [0, 0.1) is 0 Å². The molecule has 4 heterocycles. The summed E-state index contributed by atoms with van der Waals surface area (Å²) in [5.74, 6) is 3.04. The zero-order chi connectivity index (χ0) is 15.6. The average molecular weight is 405 g/mol. The number of rotatable bonds is 2. The van der Waals surface area contributed by atoms with Gasteiger partial charge in [-0.25, -0.2) is 4.98 Å². The second-order valence-electron chi connectivity index (χ2n) is 5.79. The number of pyridine rings is 1. The summed E-state index contributed by atoms with van der Waals surface area (Å²) in [6.45, 7) is 5.25. The van der Waals surface area contributed by atoms with Crippen LogP contribution in [0.3, 0.4) is 0 Å². The van der Waals surface area contributed by atoms with Gasteiger partial charge in [-0.2, -0.15) is 4.98 Å². The van der Waals surface area contributed by atoms with Crippen LogP contribution >= 0.6 is 24.8 Å². The molecule has 2 fully saturated rings. The van der Waals surface area contributed by atoms with Gasteiger partial charge >= 0.3 is 0 Å². The molecule has 0 unspecified atom stereocenters. The van der Waals surface area contributed by atoms with Crippen molar-refractivity contribution >= 4 is 58.4 Å². The summed E-state index contributed by atoms with van der Waals surface area (Å²) >= 11 is 0. The highest BCUT2D eigenvalue weighted by Crippen LogP contribution is 2.25. The van der Waals surface area contributed by atoms with E-state index in [1.807, 2.05) is 12.1 Å². The van der Waals surface area contributed by atoms with E-state index in [4.69, 9.17) is 9.97 Å². The second-order valence-corrected chi connectivity index (χ2v) is 7.49. The molecule has 0 aliphatic carbocycles. The molecule has 4 rings (SSSR count). The Morgan fingerprint density at radius 2 is 1.72 bits per heavy atom. The molecule has 10 heteroatoms. The molecule has 7 nitrogen and oxygen atoms in total. The van der Waals surface area contributed by atoms with Gasteiger partial charge in [-0.05, 0) is 12.1 Å². The molecule has 2 aromatic rings. The highest BCUT2D eigenvalue weighted by Gasteiger charge is 2.22. The quantitative estimate of drug-likeness (QED) is 0.794. The Morgan fingerprint density at radius 1 is 1.00 bits per heavy atom. The Bertz CT molecular complexity index is 733. The predicted octanol–water partition coefficient (Wildman–Crippen LogP) is 0.847. The number of nitrogens with one attached hydrogen (secondary N) is 1. The van der Waals surface area contributed by atoms with Crippen molar-refractivity contribution < 1.29 is 4.21 Å². The van der Waals surface area contributed by atoms with E-state index >= 15 is 0 Å². The van der Waals surface area contributed by atoms with Crippen molar-refractivity contribution in [3.05, 3.63) is 18.3 Å². The number of hydrogen-bond acceptors (Lipinski definition) is 7. The highest BCUT2D eigenvalue weighted by molar-refractivity contribution is 7.85. The number of fused-ring (bicyclic) bond motifs is 1. The van der Waals surface area contributed by atoms with E-state index in [-0.39, 0.29) is 24.8 Å². The molecule has 2 aliphatic rings. The zero-order valence-electron chi connectivity index (χ0n) is 13.8. The summed E-state index contributed by atoms with van der Waals surface area (Å²) in [6.07, 6.45) is 1.78. The molecule has 0 saturated carbocycles. The van der Waals surface area contributed by atoms with Crippen molar-refractivity contribution in [2.75, 3.05) is 60.6 Å². The summed E-state index contributed by atoms with van der Waals surface area (Å²) in [7, 11) is -0.702. The van der Waals surface area contributed by atoms with Gasteiger partial charge in [-0.15, -0.1) is 24.8 Å². The molecule has 0 amide bonds. The molecule has 1 N–H and O–H groups in total. The lowest BCUT2D eigenvalue weighted by Gasteiger charge is -2.31. The van der Waals surface area contributed by atoms with E-state index in [0.29, 0.717) is 11.5 Å². The van der Waals surface area contributed by atoms with Crippen LogP contribution < -0.4 is 15.1 Å². The minimum Gasteiger partial charge on any atom is -0.353 e. The molecule has 2 saturated heterocycles. The van der Waals surface area contributed by atoms with E-state index in [0.717, 1.165) is 62.1 Å². The van der Waals surface area contributed by atoms with Gasteiger partial charge in [-0.3, -0.25) is 9.19 Å². The molecule has 0 atom stereocenters. The Morgan fingerprint density at radius 3 is 2.44 bits per heavy atom. The topological polar surface area (TPSA) is 74.2 Å². The lowest BCUT2D eigenvalue weighted by Crippen LogP contribution is -2.44. The van der Waals surface area contributed by atoms with Gasteiger partial charge in [0.15, 0.2) is 5.82 Å². The maximum atomic E-state index is 11.6. The number of halogens is 2. The first-order chi connectivity index (χ1) is 11.3. The Hall–Kier alpha value is -1.22. The molecule has 2 aliphatic heterocycles. The molecular weight excluding hydrogens is 383 g/mol. The third-order valence-corrected chi connectivity index (χ3v) is 5.58. The van der Waals surface area contributed by atoms with Crippen LogP contribution in [0.4, 0.5) is 11.8 Å². The minimum absolute atomic E-state index is 0. The van der Waals surface area contributed by atoms with Crippen molar-refractivity contribution in [1.82, 2.24) is 20.3 Å². The summed E-state index contributed by atoms with van der Waals surface area (Å²) in [5.41, 5.74) is 1.71. The second kappa shape index (κ2) is 8.93. The summed E-state index contributed by atoms with van der Waals surface area (Å²) in [5, 5.41) is 3.35. The molecule has 138 valence electrons. The SMILES string of the molecule is Cl.Cl.O=S1CCN(c2nc(N3CCNCC3)nc3cccnc23)CC1. The first-order valence-electron chi connectivity index (χ1n) is 7.99. The lowest BCUT2D eigenvalue weighted by molar-refractivity contribution is 0.580. The van der Waals surface area contributed by atoms with Gasteiger partial charge in [0, 0.05) is 67.8 Å². The van der Waals surface area contributed by atoms with Crippen LogP contribution in [-0.2, 0) is 10.8 Å². The Kier molecular flexibility index (Phi) is 7.18. The molecule has 2 aromatic heterocycles. The predicted molar refractivity (Wildman–Crippen MR) is 107 cm³/mol. The third-order valence-electron chi connectivity index (χ3n) is 4.30. The first kappa shape index (κ1) is 20.1. The van der Waals surface area contributed by atoms with Crippen molar-refractivity contribution in [2.24, 2.45) is 0 Å². The normalized spacial score (nSPS) is 18.6. The number of piperazine rings is 1. The molecule has 0 radical (unpaired) electrons. The minimum atomic E-state index is -0.702. The van der Waals surface area contributed by atoms with Crippen LogP contribution in [0.1, 0.15) is 0 Å². The standard InChI is InChI=1S/C15H20N6OS.2ClH/c22-23-10-8-20(9-11-23)14-13-12(2-1-3-17-13)18-15(19-14)21-6-4-16-5-7-21;;/h1-3,16H,4-11H2;2*1H. The number of hydrogen-bond donors (Lipinski definition) is 1. The maximum Gasteiger partial charge on any atom is 0.228 e. The van der Waals surface area contributed by atoms with E-state index in [9.17, 15) is 4.21 Å². The Labute approximate surface area is 161 Å². The zero-order valence-corrected chi connectivity index (χ0v) is 16.2. The van der Waals surface area contributed by atoms with Gasteiger partial charge in [0.2, 0.25) is 5.95 Å². The van der Waals surface area contributed by atoms with Crippen molar-refractivity contribution in [3.8, 4) is 0 Å². The van der Waals surface area contributed by atoms with Gasteiger partial charge in [0.05, 0.1) is 5.52 Å². The van der Waals surface area contributed by atoms with Gasteiger partial charge < -0.3 is 15.1 Å². The van der Waals surface area contributed by atoms with Crippen LogP contribution in [-0.4, -0.2) is 69.9 Å². The average Bonchev–Trinajstić information content (AvgIpc) is 2.62. The van der Waals surface area contributed by atoms with Crippen molar-refractivity contribution in [2.45, 2.75) is 0 Å². The fourth-order valence-corrected chi connectivity index (χ4v) is 4.07. The fourth-order valence-electron chi connectivity index (χ4n) is 3.02. The molecule has 25 heavy (non-hydrogen) atoms. The van der Waals surface area contributed by atoms with Crippen LogP contribution in [0.15, 0.2) is 18.3 Å². The van der Waals surface area contributed by atoms with Gasteiger partial charge in [0.1, 0.15) is 5.52 Å². The van der Waals surface area contributed by atoms with E-state index < -0.39 is 10.8 Å². The summed E-state index contributed by atoms with van der Waals surface area (Å²) in [6, 6.07) is 3.90. The lowest BCUT2D eigenvalue weighted by atomic mass is 10.3. The third kappa shape index (κ3) is 4.31. The van der Waals surface area contributed by atoms with Gasteiger partial charge in [-0.1, -0.05) is 0 Å². The highest BCUT2D eigenvalue weighted by atomic mass is 35.5. The van der Waals surface area contributed by atoms with E-state index in [1.165, 1.54) is 0 Å². The number of anilines is 2. The van der Waals surface area contributed by atoms with Crippen LogP contribution in [0.25, 0.3) is 11.0 Å².